The van der Waals surface area contributed by atoms with Crippen LogP contribution in [-0.2, 0) is 6.54 Å². The third-order valence-corrected chi connectivity index (χ3v) is 5.41. The number of nitriles is 1. The molecule has 0 unspecified atom stereocenters. The van der Waals surface area contributed by atoms with E-state index in [4.69, 9.17) is 11.6 Å². The molecule has 0 atom stereocenters. The number of nitrogens with zero attached hydrogens (tertiary/aromatic N) is 4. The Morgan fingerprint density at radius 2 is 1.97 bits per heavy atom. The highest BCUT2D eigenvalue weighted by Crippen LogP contribution is 2.34. The summed E-state index contributed by atoms with van der Waals surface area (Å²) in [4.78, 5) is 23.2. The first kappa shape index (κ1) is 23.0. The first-order valence-electron chi connectivity index (χ1n) is 10.3. The molecular weight excluding hydrogens is 455 g/mol. The molecular formula is C25H20ClFN6O. The lowest BCUT2D eigenvalue weighted by Crippen LogP contribution is -2.22. The highest BCUT2D eigenvalue weighted by atomic mass is 35.5. The minimum Gasteiger partial charge on any atom is -0.379 e. The minimum absolute atomic E-state index is 0.0527. The highest BCUT2D eigenvalue weighted by Gasteiger charge is 2.19. The Bertz CT molecular complexity index is 1420. The third kappa shape index (κ3) is 4.75. The normalized spacial score (nSPS) is 10.6. The van der Waals surface area contributed by atoms with E-state index in [-0.39, 0.29) is 16.5 Å². The van der Waals surface area contributed by atoms with Gasteiger partial charge in [0.05, 0.1) is 39.6 Å². The number of nitrogens with one attached hydrogen (secondary N) is 2. The van der Waals surface area contributed by atoms with Gasteiger partial charge in [0.25, 0.3) is 5.91 Å². The highest BCUT2D eigenvalue weighted by molar-refractivity contribution is 6.31. The van der Waals surface area contributed by atoms with E-state index in [0.29, 0.717) is 40.1 Å². The Kier molecular flexibility index (Phi) is 6.57. The predicted molar refractivity (Wildman–Crippen MR) is 131 cm³/mol. The summed E-state index contributed by atoms with van der Waals surface area (Å²) in [5.41, 5.74) is 3.46. The predicted octanol–water partition coefficient (Wildman–Crippen LogP) is 5.35. The number of pyridine rings is 2. The van der Waals surface area contributed by atoms with E-state index in [2.05, 4.69) is 26.7 Å². The van der Waals surface area contributed by atoms with Crippen LogP contribution >= 0.6 is 11.6 Å². The summed E-state index contributed by atoms with van der Waals surface area (Å²) in [6, 6.07) is 15.5. The average Bonchev–Trinajstić information content (AvgIpc) is 2.84. The monoisotopic (exact) mass is 474 g/mol. The Balaban J connectivity index is 1.86. The van der Waals surface area contributed by atoms with E-state index in [0.717, 1.165) is 5.69 Å². The van der Waals surface area contributed by atoms with E-state index >= 15 is 0 Å². The maximum absolute atomic E-state index is 13.7. The molecule has 0 aliphatic carbocycles. The van der Waals surface area contributed by atoms with Gasteiger partial charge >= 0.3 is 0 Å². The van der Waals surface area contributed by atoms with E-state index < -0.39 is 5.82 Å². The summed E-state index contributed by atoms with van der Waals surface area (Å²) < 4.78 is 13.7. The molecule has 2 aromatic heterocycles. The first-order valence-corrected chi connectivity index (χ1v) is 10.7. The number of hydrogen-bond donors (Lipinski definition) is 2. The van der Waals surface area contributed by atoms with Crippen molar-refractivity contribution in [2.45, 2.75) is 6.54 Å². The Labute approximate surface area is 200 Å². The number of benzene rings is 2. The molecule has 7 nitrogen and oxygen atoms in total. The van der Waals surface area contributed by atoms with Gasteiger partial charge in [-0.2, -0.15) is 5.26 Å². The van der Waals surface area contributed by atoms with E-state index in [9.17, 15) is 14.4 Å². The van der Waals surface area contributed by atoms with Gasteiger partial charge in [-0.3, -0.25) is 14.8 Å². The van der Waals surface area contributed by atoms with Crippen molar-refractivity contribution in [1.29, 1.82) is 5.26 Å². The van der Waals surface area contributed by atoms with Crippen LogP contribution in [0.15, 0.2) is 60.9 Å². The van der Waals surface area contributed by atoms with E-state index in [1.807, 2.05) is 24.3 Å². The van der Waals surface area contributed by atoms with E-state index in [1.165, 1.54) is 29.3 Å². The largest absolute Gasteiger partial charge is 0.379 e. The van der Waals surface area contributed by atoms with Crippen molar-refractivity contribution in [2.75, 3.05) is 24.7 Å². The van der Waals surface area contributed by atoms with Crippen molar-refractivity contribution < 1.29 is 9.18 Å². The maximum atomic E-state index is 13.7. The van der Waals surface area contributed by atoms with Crippen LogP contribution in [0.25, 0.3) is 10.9 Å². The number of hydrogen-bond acceptors (Lipinski definition) is 6. The van der Waals surface area contributed by atoms with Gasteiger partial charge in [0.1, 0.15) is 11.9 Å². The molecule has 2 heterocycles. The molecule has 0 aliphatic heterocycles. The van der Waals surface area contributed by atoms with Gasteiger partial charge in [-0.05, 0) is 42.5 Å². The topological polar surface area (TPSA) is 93.9 Å². The number of aromatic nitrogens is 2. The summed E-state index contributed by atoms with van der Waals surface area (Å²) in [6.07, 6.45) is 3.11. The average molecular weight is 475 g/mol. The number of carbonyl (C=O) groups is 1. The smallest absolute Gasteiger partial charge is 0.255 e. The second kappa shape index (κ2) is 9.73. The molecule has 170 valence electrons. The summed E-state index contributed by atoms with van der Waals surface area (Å²) >= 11 is 5.94. The van der Waals surface area contributed by atoms with Crippen molar-refractivity contribution in [1.82, 2.24) is 14.9 Å². The summed E-state index contributed by atoms with van der Waals surface area (Å²) in [5, 5.41) is 16.7. The molecule has 4 aromatic rings. The Morgan fingerprint density at radius 3 is 2.65 bits per heavy atom. The quantitative estimate of drug-likeness (QED) is 0.391. The number of carbonyl (C=O) groups excluding carboxylic acids is 1. The molecule has 1 amide bonds. The lowest BCUT2D eigenvalue weighted by Gasteiger charge is -2.18. The minimum atomic E-state index is -0.549. The van der Waals surface area contributed by atoms with Gasteiger partial charge in [0, 0.05) is 43.3 Å². The van der Waals surface area contributed by atoms with Crippen molar-refractivity contribution in [3.8, 4) is 6.07 Å². The molecule has 0 saturated heterocycles. The molecule has 2 aromatic carbocycles. The molecule has 9 heteroatoms. The second-order valence-electron chi connectivity index (χ2n) is 7.71. The van der Waals surface area contributed by atoms with Crippen LogP contribution < -0.4 is 10.6 Å². The number of amides is 1. The number of halogens is 2. The third-order valence-electron chi connectivity index (χ3n) is 5.12. The molecule has 0 fully saturated rings. The fourth-order valence-corrected chi connectivity index (χ4v) is 3.62. The fourth-order valence-electron chi connectivity index (χ4n) is 3.44. The standard InChI is InChI=1S/C25H20ClFN6O/c1-33(2)25(34)20-10-18(30-14-17-5-3-4-8-29-17)9-19-23(15(12-28)13-31-24(19)20)32-16-6-7-22(27)21(26)11-16/h3-11,13,30H,14H2,1-2H3,(H,31,32). The number of anilines is 3. The van der Waals surface area contributed by atoms with Crippen LogP contribution in [0.3, 0.4) is 0 Å². The van der Waals surface area contributed by atoms with Crippen LogP contribution in [0.1, 0.15) is 21.6 Å². The zero-order valence-corrected chi connectivity index (χ0v) is 19.2. The van der Waals surface area contributed by atoms with Crippen LogP contribution in [0, 0.1) is 17.1 Å². The van der Waals surface area contributed by atoms with Crippen LogP contribution in [0.2, 0.25) is 5.02 Å². The molecule has 0 bridgehead atoms. The molecule has 0 radical (unpaired) electrons. The van der Waals surface area contributed by atoms with Gasteiger partial charge in [-0.1, -0.05) is 17.7 Å². The lowest BCUT2D eigenvalue weighted by molar-refractivity contribution is 0.0829. The Hall–Kier alpha value is -4.22. The Morgan fingerprint density at radius 1 is 1.15 bits per heavy atom. The van der Waals surface area contributed by atoms with Crippen molar-refractivity contribution in [3.05, 3.63) is 88.6 Å². The van der Waals surface area contributed by atoms with Crippen molar-refractivity contribution >= 4 is 45.5 Å². The second-order valence-corrected chi connectivity index (χ2v) is 8.11. The van der Waals surface area contributed by atoms with Gasteiger partial charge in [0.2, 0.25) is 0 Å². The molecule has 2 N–H and O–H groups in total. The first-order chi connectivity index (χ1) is 16.4. The van der Waals surface area contributed by atoms with E-state index in [1.54, 1.807) is 26.4 Å². The molecule has 0 aliphatic rings. The van der Waals surface area contributed by atoms with Gasteiger partial charge in [-0.15, -0.1) is 0 Å². The van der Waals surface area contributed by atoms with Crippen molar-refractivity contribution in [3.63, 3.8) is 0 Å². The number of rotatable bonds is 6. The van der Waals surface area contributed by atoms with Gasteiger partial charge in [0.15, 0.2) is 0 Å². The van der Waals surface area contributed by atoms with Gasteiger partial charge < -0.3 is 15.5 Å². The lowest BCUT2D eigenvalue weighted by atomic mass is 10.0. The SMILES string of the molecule is CN(C)C(=O)c1cc(NCc2ccccn2)cc2c(Nc3ccc(F)c(Cl)c3)c(C#N)cnc12. The molecule has 4 rings (SSSR count). The summed E-state index contributed by atoms with van der Waals surface area (Å²) in [7, 11) is 3.32. The summed E-state index contributed by atoms with van der Waals surface area (Å²) in [6.45, 7) is 0.434. The van der Waals surface area contributed by atoms with Crippen molar-refractivity contribution in [2.24, 2.45) is 0 Å². The van der Waals surface area contributed by atoms with Gasteiger partial charge in [-0.25, -0.2) is 4.39 Å². The molecule has 34 heavy (non-hydrogen) atoms. The zero-order chi connectivity index (χ0) is 24.2. The zero-order valence-electron chi connectivity index (χ0n) is 18.4. The number of fused-ring (bicyclic) bond motifs is 1. The summed E-state index contributed by atoms with van der Waals surface area (Å²) in [5.74, 6) is -0.786. The fraction of sp³-hybridized carbons (Fsp3) is 0.120. The molecule has 0 saturated carbocycles. The maximum Gasteiger partial charge on any atom is 0.255 e. The van der Waals surface area contributed by atoms with Crippen LogP contribution in [0.4, 0.5) is 21.5 Å². The van der Waals surface area contributed by atoms with Crippen LogP contribution in [0.5, 0.6) is 0 Å². The molecule has 0 spiro atoms. The van der Waals surface area contributed by atoms with Crippen LogP contribution in [-0.4, -0.2) is 34.9 Å².